The standard InChI is InChI=1S/C14H20N2O/c1-10-7-13(9-17)11(2)16(10)14-8-15-5-3-12(14)4-6-15/h7,9,12,14H,3-6,8H2,1-2H3. The Kier molecular flexibility index (Phi) is 2.58. The predicted octanol–water partition coefficient (Wildman–Crippen LogP) is 2.18. The van der Waals surface area contributed by atoms with E-state index >= 15 is 0 Å². The van der Waals surface area contributed by atoms with Gasteiger partial charge in [0.2, 0.25) is 0 Å². The van der Waals surface area contributed by atoms with Gasteiger partial charge in [0.1, 0.15) is 0 Å². The van der Waals surface area contributed by atoms with Crippen LogP contribution in [0.15, 0.2) is 6.07 Å². The lowest BCUT2D eigenvalue weighted by molar-refractivity contribution is 0.0554. The molecule has 0 spiro atoms. The van der Waals surface area contributed by atoms with Crippen molar-refractivity contribution in [2.45, 2.75) is 32.7 Å². The van der Waals surface area contributed by atoms with Crippen LogP contribution in [0, 0.1) is 19.8 Å². The highest BCUT2D eigenvalue weighted by Crippen LogP contribution is 2.37. The van der Waals surface area contributed by atoms with Crippen molar-refractivity contribution >= 4 is 6.29 Å². The molecule has 17 heavy (non-hydrogen) atoms. The Morgan fingerprint density at radius 1 is 1.29 bits per heavy atom. The van der Waals surface area contributed by atoms with Gasteiger partial charge < -0.3 is 9.47 Å². The van der Waals surface area contributed by atoms with E-state index in [-0.39, 0.29) is 0 Å². The zero-order chi connectivity index (χ0) is 12.0. The number of aryl methyl sites for hydroxylation is 1. The molecule has 92 valence electrons. The van der Waals surface area contributed by atoms with Crippen LogP contribution < -0.4 is 0 Å². The molecule has 4 rings (SSSR count). The second-order valence-corrected chi connectivity index (χ2v) is 5.52. The van der Waals surface area contributed by atoms with Gasteiger partial charge in [0.05, 0.1) is 0 Å². The molecule has 0 aliphatic carbocycles. The summed E-state index contributed by atoms with van der Waals surface area (Å²) in [5.74, 6) is 0.810. The Bertz CT molecular complexity index is 441. The minimum Gasteiger partial charge on any atom is -0.344 e. The summed E-state index contributed by atoms with van der Waals surface area (Å²) in [4.78, 5) is 13.6. The normalized spacial score (nSPS) is 31.8. The molecule has 3 nitrogen and oxygen atoms in total. The fraction of sp³-hybridized carbons (Fsp3) is 0.643. The number of piperidine rings is 3. The van der Waals surface area contributed by atoms with Gasteiger partial charge in [-0.3, -0.25) is 4.79 Å². The molecular weight excluding hydrogens is 212 g/mol. The lowest BCUT2D eigenvalue weighted by Crippen LogP contribution is -2.48. The van der Waals surface area contributed by atoms with Crippen LogP contribution in [-0.2, 0) is 0 Å². The summed E-state index contributed by atoms with van der Waals surface area (Å²) in [7, 11) is 0. The van der Waals surface area contributed by atoms with Gasteiger partial charge in [0.25, 0.3) is 0 Å². The van der Waals surface area contributed by atoms with Gasteiger partial charge in [-0.25, -0.2) is 0 Å². The maximum atomic E-state index is 11.0. The Balaban J connectivity index is 1.99. The van der Waals surface area contributed by atoms with E-state index in [2.05, 4.69) is 23.3 Å². The van der Waals surface area contributed by atoms with Crippen LogP contribution >= 0.6 is 0 Å². The van der Waals surface area contributed by atoms with Crippen LogP contribution in [0.4, 0.5) is 0 Å². The molecule has 3 fully saturated rings. The molecule has 0 N–H and O–H groups in total. The number of hydrogen-bond acceptors (Lipinski definition) is 2. The zero-order valence-electron chi connectivity index (χ0n) is 10.6. The topological polar surface area (TPSA) is 25.2 Å². The van der Waals surface area contributed by atoms with Crippen molar-refractivity contribution in [3.63, 3.8) is 0 Å². The first-order valence-corrected chi connectivity index (χ1v) is 6.56. The van der Waals surface area contributed by atoms with Gasteiger partial charge in [-0.1, -0.05) is 0 Å². The first-order valence-electron chi connectivity index (χ1n) is 6.56. The molecule has 0 saturated carbocycles. The largest absolute Gasteiger partial charge is 0.344 e. The summed E-state index contributed by atoms with van der Waals surface area (Å²) in [6.45, 7) is 7.90. The Hall–Kier alpha value is -1.09. The molecule has 3 aliphatic heterocycles. The molecule has 3 aliphatic rings. The summed E-state index contributed by atoms with van der Waals surface area (Å²) >= 11 is 0. The number of aromatic nitrogens is 1. The highest BCUT2D eigenvalue weighted by molar-refractivity contribution is 5.77. The third kappa shape index (κ3) is 1.64. The van der Waals surface area contributed by atoms with Gasteiger partial charge >= 0.3 is 0 Å². The molecule has 1 unspecified atom stereocenters. The van der Waals surface area contributed by atoms with Crippen molar-refractivity contribution < 1.29 is 4.79 Å². The van der Waals surface area contributed by atoms with Crippen molar-refractivity contribution in [3.8, 4) is 0 Å². The van der Waals surface area contributed by atoms with Gasteiger partial charge in [0.15, 0.2) is 6.29 Å². The lowest BCUT2D eigenvalue weighted by Gasteiger charge is -2.46. The first-order chi connectivity index (χ1) is 8.20. The summed E-state index contributed by atoms with van der Waals surface area (Å²) in [6.07, 6.45) is 3.62. The van der Waals surface area contributed by atoms with E-state index in [1.54, 1.807) is 0 Å². The Morgan fingerprint density at radius 3 is 2.47 bits per heavy atom. The van der Waals surface area contributed by atoms with Gasteiger partial charge in [-0.05, 0) is 51.8 Å². The van der Waals surface area contributed by atoms with Crippen molar-refractivity contribution in [2.75, 3.05) is 19.6 Å². The second-order valence-electron chi connectivity index (χ2n) is 5.52. The highest BCUT2D eigenvalue weighted by Gasteiger charge is 2.36. The van der Waals surface area contributed by atoms with Gasteiger partial charge in [-0.2, -0.15) is 0 Å². The molecule has 1 aromatic rings. The van der Waals surface area contributed by atoms with Crippen LogP contribution in [0.5, 0.6) is 0 Å². The summed E-state index contributed by atoms with van der Waals surface area (Å²) in [5, 5.41) is 0. The number of rotatable bonds is 2. The number of carbonyl (C=O) groups is 1. The van der Waals surface area contributed by atoms with Crippen molar-refractivity contribution in [1.82, 2.24) is 9.47 Å². The van der Waals surface area contributed by atoms with Crippen LogP contribution in [0.3, 0.4) is 0 Å². The highest BCUT2D eigenvalue weighted by atomic mass is 16.1. The van der Waals surface area contributed by atoms with E-state index in [0.717, 1.165) is 23.5 Å². The quantitative estimate of drug-likeness (QED) is 0.730. The minimum absolute atomic E-state index is 0.589. The zero-order valence-corrected chi connectivity index (χ0v) is 10.6. The molecule has 3 heteroatoms. The van der Waals surface area contributed by atoms with Gasteiger partial charge in [0, 0.05) is 29.5 Å². The van der Waals surface area contributed by atoms with Crippen LogP contribution in [0.2, 0.25) is 0 Å². The molecule has 0 aromatic carbocycles. The number of fused-ring (bicyclic) bond motifs is 3. The molecule has 4 heterocycles. The second kappa shape index (κ2) is 3.98. The SMILES string of the molecule is Cc1cc(C=O)c(C)n1C1CN2CCC1CC2. The van der Waals surface area contributed by atoms with Crippen LogP contribution in [0.25, 0.3) is 0 Å². The minimum atomic E-state index is 0.589. The van der Waals surface area contributed by atoms with Crippen molar-refractivity contribution in [2.24, 2.45) is 5.92 Å². The third-order valence-corrected chi connectivity index (χ3v) is 4.60. The predicted molar refractivity (Wildman–Crippen MR) is 67.5 cm³/mol. The number of aldehydes is 1. The van der Waals surface area contributed by atoms with Gasteiger partial charge in [-0.15, -0.1) is 0 Å². The molecule has 1 aromatic heterocycles. The fourth-order valence-corrected chi connectivity index (χ4v) is 3.66. The number of nitrogens with zero attached hydrogens (tertiary/aromatic N) is 2. The third-order valence-electron chi connectivity index (χ3n) is 4.60. The first kappa shape index (κ1) is 11.0. The summed E-state index contributed by atoms with van der Waals surface area (Å²) in [6, 6.07) is 2.62. The van der Waals surface area contributed by atoms with Crippen LogP contribution in [-0.4, -0.2) is 35.4 Å². The van der Waals surface area contributed by atoms with Crippen LogP contribution in [0.1, 0.15) is 40.6 Å². The average molecular weight is 232 g/mol. The van der Waals surface area contributed by atoms with E-state index < -0.39 is 0 Å². The van der Waals surface area contributed by atoms with E-state index in [4.69, 9.17) is 0 Å². The van der Waals surface area contributed by atoms with E-state index in [0.29, 0.717) is 6.04 Å². The molecular formula is C14H20N2O. The number of carbonyl (C=O) groups excluding carboxylic acids is 1. The Labute approximate surface area is 102 Å². The molecule has 2 bridgehead atoms. The molecule has 0 amide bonds. The summed E-state index contributed by atoms with van der Waals surface area (Å²) in [5.41, 5.74) is 3.25. The Morgan fingerprint density at radius 2 is 2.00 bits per heavy atom. The molecule has 1 atom stereocenters. The molecule has 3 saturated heterocycles. The maximum Gasteiger partial charge on any atom is 0.151 e. The fourth-order valence-electron chi connectivity index (χ4n) is 3.66. The van der Waals surface area contributed by atoms with E-state index in [9.17, 15) is 4.79 Å². The van der Waals surface area contributed by atoms with E-state index in [1.165, 1.54) is 38.2 Å². The maximum absolute atomic E-state index is 11.0. The van der Waals surface area contributed by atoms with Crippen molar-refractivity contribution in [1.29, 1.82) is 0 Å². The monoisotopic (exact) mass is 232 g/mol. The van der Waals surface area contributed by atoms with Crippen molar-refractivity contribution in [3.05, 3.63) is 23.0 Å². The number of hydrogen-bond donors (Lipinski definition) is 0. The lowest BCUT2D eigenvalue weighted by atomic mass is 9.83. The van der Waals surface area contributed by atoms with E-state index in [1.807, 2.05) is 6.07 Å². The molecule has 0 radical (unpaired) electrons. The summed E-state index contributed by atoms with van der Waals surface area (Å²) < 4.78 is 2.40. The average Bonchev–Trinajstić information content (AvgIpc) is 2.65. The smallest absolute Gasteiger partial charge is 0.151 e.